The number of hydrogen-bond donors (Lipinski definition) is 2. The van der Waals surface area contributed by atoms with Gasteiger partial charge < -0.3 is 10.6 Å². The maximum Gasteiger partial charge on any atom is 0.256 e. The topological polar surface area (TPSA) is 98.8 Å². The molecule has 10 heteroatoms. The minimum atomic E-state index is -3.60. The van der Waals surface area contributed by atoms with Crippen LogP contribution in [0.5, 0.6) is 0 Å². The largest absolute Gasteiger partial charge is 0.355 e. The highest BCUT2D eigenvalue weighted by Gasteiger charge is 2.30. The zero-order chi connectivity index (χ0) is 27.6. The molecule has 1 saturated heterocycles. The lowest BCUT2D eigenvalue weighted by atomic mass is 10.0. The van der Waals surface area contributed by atoms with Gasteiger partial charge in [0.15, 0.2) is 0 Å². The van der Waals surface area contributed by atoms with Crippen molar-refractivity contribution in [3.8, 4) is 0 Å². The molecule has 39 heavy (non-hydrogen) atoms. The van der Waals surface area contributed by atoms with Crippen molar-refractivity contribution < 1.29 is 18.0 Å². The molecule has 0 spiro atoms. The van der Waals surface area contributed by atoms with Crippen molar-refractivity contribution in [3.05, 3.63) is 81.7 Å². The van der Waals surface area contributed by atoms with E-state index in [1.54, 1.807) is 7.05 Å². The first-order valence-corrected chi connectivity index (χ1v) is 15.6. The van der Waals surface area contributed by atoms with E-state index in [1.165, 1.54) is 45.5 Å². The molecule has 2 aliphatic heterocycles. The van der Waals surface area contributed by atoms with E-state index >= 15 is 0 Å². The van der Waals surface area contributed by atoms with Gasteiger partial charge in [-0.15, -0.1) is 11.3 Å². The zero-order valence-corrected chi connectivity index (χ0v) is 23.9. The van der Waals surface area contributed by atoms with Gasteiger partial charge >= 0.3 is 0 Å². The lowest BCUT2D eigenvalue weighted by Crippen LogP contribution is -2.39. The van der Waals surface area contributed by atoms with E-state index in [0.717, 1.165) is 42.8 Å². The molecule has 3 heterocycles. The molecule has 5 rings (SSSR count). The molecule has 2 aliphatic rings. The number of hydrogen-bond acceptors (Lipinski definition) is 6. The number of benzene rings is 2. The first-order chi connectivity index (χ1) is 18.8. The maximum absolute atomic E-state index is 13.2. The second kappa shape index (κ2) is 11.6. The molecule has 8 nitrogen and oxygen atoms in total. The van der Waals surface area contributed by atoms with E-state index in [-0.39, 0.29) is 16.7 Å². The highest BCUT2D eigenvalue weighted by molar-refractivity contribution is 7.89. The van der Waals surface area contributed by atoms with Crippen LogP contribution in [0.1, 0.15) is 56.5 Å². The Morgan fingerprint density at radius 3 is 2.46 bits per heavy atom. The molecule has 3 aromatic rings. The van der Waals surface area contributed by atoms with E-state index in [1.807, 2.05) is 18.2 Å². The van der Waals surface area contributed by atoms with E-state index < -0.39 is 10.0 Å². The van der Waals surface area contributed by atoms with E-state index in [9.17, 15) is 18.0 Å². The molecule has 1 aromatic heterocycles. The highest BCUT2D eigenvalue weighted by atomic mass is 32.2. The van der Waals surface area contributed by atoms with Crippen molar-refractivity contribution in [1.29, 1.82) is 0 Å². The Bertz CT molecular complexity index is 1450. The second-order valence-electron chi connectivity index (χ2n) is 10.3. The quantitative estimate of drug-likeness (QED) is 0.443. The van der Waals surface area contributed by atoms with Crippen LogP contribution in [0.2, 0.25) is 0 Å². The van der Waals surface area contributed by atoms with Crippen molar-refractivity contribution >= 4 is 38.2 Å². The van der Waals surface area contributed by atoms with Gasteiger partial charge in [0.2, 0.25) is 10.0 Å². The van der Waals surface area contributed by atoms with Gasteiger partial charge in [-0.1, -0.05) is 37.3 Å². The van der Waals surface area contributed by atoms with Crippen LogP contribution in [-0.4, -0.2) is 56.1 Å². The molecule has 0 bridgehead atoms. The monoisotopic (exact) mass is 566 g/mol. The third-order valence-corrected chi connectivity index (χ3v) is 10.5. The molecule has 1 atom stereocenters. The molecule has 1 unspecified atom stereocenters. The number of thiophene rings is 1. The van der Waals surface area contributed by atoms with Crippen LogP contribution < -0.4 is 10.6 Å². The van der Waals surface area contributed by atoms with Gasteiger partial charge in [-0.05, 0) is 60.6 Å². The van der Waals surface area contributed by atoms with E-state index in [2.05, 4.69) is 34.6 Å². The fourth-order valence-electron chi connectivity index (χ4n) is 5.35. The Balaban J connectivity index is 1.33. The van der Waals surface area contributed by atoms with Crippen LogP contribution >= 0.6 is 11.3 Å². The van der Waals surface area contributed by atoms with Crippen molar-refractivity contribution in [3.63, 3.8) is 0 Å². The summed E-state index contributed by atoms with van der Waals surface area (Å²) >= 11 is 1.43. The lowest BCUT2D eigenvalue weighted by Gasteiger charge is -2.30. The Morgan fingerprint density at radius 2 is 1.77 bits per heavy atom. The Morgan fingerprint density at radius 1 is 1.03 bits per heavy atom. The van der Waals surface area contributed by atoms with E-state index in [4.69, 9.17) is 0 Å². The van der Waals surface area contributed by atoms with Crippen LogP contribution in [-0.2, 0) is 29.5 Å². The average molecular weight is 567 g/mol. The second-order valence-corrected chi connectivity index (χ2v) is 13.4. The molecule has 2 amide bonds. The number of fused-ring (bicyclic) bond motifs is 1. The van der Waals surface area contributed by atoms with Gasteiger partial charge in [0, 0.05) is 50.2 Å². The summed E-state index contributed by atoms with van der Waals surface area (Å²) < 4.78 is 27.7. The van der Waals surface area contributed by atoms with Gasteiger partial charge in [-0.25, -0.2) is 8.42 Å². The minimum Gasteiger partial charge on any atom is -0.355 e. The van der Waals surface area contributed by atoms with E-state index in [0.29, 0.717) is 41.7 Å². The molecule has 0 radical (unpaired) electrons. The lowest BCUT2D eigenvalue weighted by molar-refractivity contribution is 0.0962. The number of sulfonamides is 1. The average Bonchev–Trinajstić information content (AvgIpc) is 3.30. The van der Waals surface area contributed by atoms with Crippen LogP contribution in [0.15, 0.2) is 59.5 Å². The molecule has 0 saturated carbocycles. The molecule has 2 N–H and O–H groups in total. The van der Waals surface area contributed by atoms with Gasteiger partial charge in [-0.3, -0.25) is 14.5 Å². The zero-order valence-electron chi connectivity index (χ0n) is 22.3. The molecular formula is C29H34N4O4S2. The van der Waals surface area contributed by atoms with Crippen molar-refractivity contribution in [2.75, 3.05) is 32.0 Å². The number of anilines is 1. The number of carbonyl (C=O) groups excluding carboxylic acids is 2. The number of nitrogens with one attached hydrogen (secondary N) is 2. The van der Waals surface area contributed by atoms with Gasteiger partial charge in [-0.2, -0.15) is 4.31 Å². The molecular weight excluding hydrogens is 532 g/mol. The summed E-state index contributed by atoms with van der Waals surface area (Å²) in [4.78, 5) is 29.6. The summed E-state index contributed by atoms with van der Waals surface area (Å²) in [5, 5.41) is 6.16. The molecule has 0 aliphatic carbocycles. The van der Waals surface area contributed by atoms with Crippen LogP contribution in [0, 0.1) is 5.92 Å². The molecule has 1 fully saturated rings. The number of piperidine rings is 1. The number of nitrogens with zero attached hydrogens (tertiary/aromatic N) is 2. The fraction of sp³-hybridized carbons (Fsp3) is 0.379. The number of carbonyl (C=O) groups is 2. The summed E-state index contributed by atoms with van der Waals surface area (Å²) in [6, 6.07) is 16.3. The summed E-state index contributed by atoms with van der Waals surface area (Å²) in [6.45, 7) is 5.44. The van der Waals surface area contributed by atoms with Crippen molar-refractivity contribution in [2.45, 2.75) is 44.2 Å². The summed E-state index contributed by atoms with van der Waals surface area (Å²) in [6.07, 6.45) is 2.60. The standard InChI is InChI=1S/C29H34N4O4S2/c1-20-7-6-15-33(17-20)39(36,37)23-12-10-22(11-13-23)27(34)31-29-26(28(35)30-2)24-14-16-32(19-25(24)38-29)18-21-8-4-3-5-9-21/h3-5,8-13,20H,6-7,14-19H2,1-2H3,(H,30,35)(H,31,34). The highest BCUT2D eigenvalue weighted by Crippen LogP contribution is 2.38. The van der Waals surface area contributed by atoms with Crippen LogP contribution in [0.25, 0.3) is 0 Å². The van der Waals surface area contributed by atoms with Crippen molar-refractivity contribution in [2.24, 2.45) is 5.92 Å². The normalized spacial score (nSPS) is 18.4. The van der Waals surface area contributed by atoms with Gasteiger partial charge in [0.1, 0.15) is 5.00 Å². The first-order valence-electron chi connectivity index (χ1n) is 13.3. The minimum absolute atomic E-state index is 0.185. The fourth-order valence-corrected chi connectivity index (χ4v) is 8.23. The predicted octanol–water partition coefficient (Wildman–Crippen LogP) is 4.34. The van der Waals surface area contributed by atoms with Crippen LogP contribution in [0.4, 0.5) is 5.00 Å². The smallest absolute Gasteiger partial charge is 0.256 e. The summed E-state index contributed by atoms with van der Waals surface area (Å²) in [7, 11) is -2.01. The Hall–Kier alpha value is -3.05. The Kier molecular flexibility index (Phi) is 8.18. The summed E-state index contributed by atoms with van der Waals surface area (Å²) in [5.41, 5.74) is 3.07. The maximum atomic E-state index is 13.2. The van der Waals surface area contributed by atoms with Gasteiger partial charge in [0.25, 0.3) is 11.8 Å². The van der Waals surface area contributed by atoms with Gasteiger partial charge in [0.05, 0.1) is 10.5 Å². The number of amides is 2. The predicted molar refractivity (Wildman–Crippen MR) is 154 cm³/mol. The first kappa shape index (κ1) is 27.5. The van der Waals surface area contributed by atoms with Crippen molar-refractivity contribution in [1.82, 2.24) is 14.5 Å². The SMILES string of the molecule is CNC(=O)c1c(NC(=O)c2ccc(S(=O)(=O)N3CCCC(C)C3)cc2)sc2c1CCN(Cc1ccccc1)C2. The summed E-state index contributed by atoms with van der Waals surface area (Å²) in [5.74, 6) is -0.276. The third-order valence-electron chi connectivity index (χ3n) is 7.44. The third kappa shape index (κ3) is 5.94. The van der Waals surface area contributed by atoms with Crippen LogP contribution in [0.3, 0.4) is 0 Å². The molecule has 206 valence electrons. The Labute approximate surface area is 234 Å². The number of rotatable bonds is 7. The molecule has 2 aromatic carbocycles.